The van der Waals surface area contributed by atoms with Crippen LogP contribution in [0.1, 0.15) is 29.8 Å². The summed E-state index contributed by atoms with van der Waals surface area (Å²) in [6.07, 6.45) is 4.30. The molecule has 0 spiro atoms. The number of H-pyrrole nitrogens is 1. The Labute approximate surface area is 189 Å². The first-order valence-electron chi connectivity index (χ1n) is 10.3. The molecule has 1 aliphatic rings. The fourth-order valence-electron chi connectivity index (χ4n) is 4.03. The van der Waals surface area contributed by atoms with E-state index in [-0.39, 0.29) is 11.4 Å². The number of aromatic amines is 1. The summed E-state index contributed by atoms with van der Waals surface area (Å²) in [5, 5.41) is 20.2. The van der Waals surface area contributed by atoms with Crippen LogP contribution in [-0.4, -0.2) is 49.2 Å². The number of halogens is 2. The van der Waals surface area contributed by atoms with Crippen LogP contribution in [-0.2, 0) is 17.8 Å². The number of anilines is 2. The van der Waals surface area contributed by atoms with E-state index in [2.05, 4.69) is 30.4 Å². The minimum Gasteiger partial charge on any atom is -0.481 e. The lowest BCUT2D eigenvalue weighted by Gasteiger charge is -2.38. The second-order valence-electron chi connectivity index (χ2n) is 8.21. The molecule has 8 nitrogen and oxygen atoms in total. The smallest absolute Gasteiger partial charge is 0.310 e. The van der Waals surface area contributed by atoms with Crippen molar-refractivity contribution in [2.24, 2.45) is 5.41 Å². The molecule has 3 aromatic rings. The predicted octanol–water partition coefficient (Wildman–Crippen LogP) is 3.95. The summed E-state index contributed by atoms with van der Waals surface area (Å²) < 4.78 is 14.2. The molecule has 0 atom stereocenters. The predicted molar refractivity (Wildman–Crippen MR) is 118 cm³/mol. The molecule has 168 valence electrons. The first-order valence-corrected chi connectivity index (χ1v) is 10.7. The molecule has 0 unspecified atom stereocenters. The van der Waals surface area contributed by atoms with Crippen molar-refractivity contribution in [1.82, 2.24) is 25.1 Å². The maximum atomic E-state index is 14.2. The molecule has 0 radical (unpaired) electrons. The number of carboxylic acid groups (broad SMARTS) is 1. The van der Waals surface area contributed by atoms with E-state index in [0.29, 0.717) is 55.4 Å². The fourth-order valence-corrected chi connectivity index (χ4v) is 4.22. The molecule has 1 aliphatic heterocycles. The van der Waals surface area contributed by atoms with Gasteiger partial charge in [-0.05, 0) is 38.9 Å². The molecule has 4 rings (SSSR count). The Bertz CT molecular complexity index is 1110. The number of benzene rings is 1. The largest absolute Gasteiger partial charge is 0.481 e. The van der Waals surface area contributed by atoms with E-state index in [1.807, 2.05) is 13.0 Å². The van der Waals surface area contributed by atoms with Gasteiger partial charge in [0.1, 0.15) is 11.6 Å². The van der Waals surface area contributed by atoms with Crippen LogP contribution in [0.2, 0.25) is 5.02 Å². The number of carboxylic acids is 1. The summed E-state index contributed by atoms with van der Waals surface area (Å²) in [5.74, 6) is -0.156. The fraction of sp³-hybridized carbons (Fsp3) is 0.364. The molecular formula is C22H24ClFN6O2. The zero-order chi connectivity index (χ0) is 22.7. The highest BCUT2D eigenvalue weighted by molar-refractivity contribution is 6.30. The van der Waals surface area contributed by atoms with E-state index < -0.39 is 17.2 Å². The molecule has 32 heavy (non-hydrogen) atoms. The van der Waals surface area contributed by atoms with Crippen molar-refractivity contribution < 1.29 is 14.3 Å². The Morgan fingerprint density at radius 3 is 2.78 bits per heavy atom. The zero-order valence-corrected chi connectivity index (χ0v) is 18.4. The highest BCUT2D eigenvalue weighted by Gasteiger charge is 2.42. The van der Waals surface area contributed by atoms with Crippen molar-refractivity contribution in [3.05, 3.63) is 64.5 Å². The Morgan fingerprint density at radius 1 is 1.31 bits per heavy atom. The maximum Gasteiger partial charge on any atom is 0.310 e. The van der Waals surface area contributed by atoms with Crippen molar-refractivity contribution in [3.63, 3.8) is 0 Å². The van der Waals surface area contributed by atoms with Gasteiger partial charge in [-0.3, -0.25) is 19.8 Å². The van der Waals surface area contributed by atoms with Gasteiger partial charge in [0.25, 0.3) is 0 Å². The molecule has 0 bridgehead atoms. The quantitative estimate of drug-likeness (QED) is 0.492. The van der Waals surface area contributed by atoms with Gasteiger partial charge in [0.05, 0.1) is 22.3 Å². The normalized spacial score (nSPS) is 16.1. The molecular weight excluding hydrogens is 435 g/mol. The summed E-state index contributed by atoms with van der Waals surface area (Å²) in [7, 11) is 0. The van der Waals surface area contributed by atoms with Crippen LogP contribution in [0.5, 0.6) is 0 Å². The van der Waals surface area contributed by atoms with Gasteiger partial charge < -0.3 is 10.4 Å². The molecule has 10 heteroatoms. The molecule has 0 amide bonds. The molecule has 0 aliphatic carbocycles. The number of rotatable bonds is 7. The van der Waals surface area contributed by atoms with Crippen molar-refractivity contribution in [2.45, 2.75) is 32.7 Å². The number of aromatic nitrogens is 4. The number of aryl methyl sites for hydroxylation is 1. The van der Waals surface area contributed by atoms with E-state index in [1.165, 1.54) is 6.07 Å². The number of nitrogens with one attached hydrogen (secondary N) is 2. The highest BCUT2D eigenvalue weighted by Crippen LogP contribution is 2.36. The number of hydrogen-bond acceptors (Lipinski definition) is 6. The molecule has 1 fully saturated rings. The van der Waals surface area contributed by atoms with Gasteiger partial charge in [-0.1, -0.05) is 23.7 Å². The van der Waals surface area contributed by atoms with Crippen molar-refractivity contribution in [3.8, 4) is 0 Å². The van der Waals surface area contributed by atoms with E-state index in [1.54, 1.807) is 24.5 Å². The van der Waals surface area contributed by atoms with Crippen LogP contribution < -0.4 is 5.32 Å². The first kappa shape index (κ1) is 22.2. The average molecular weight is 459 g/mol. The van der Waals surface area contributed by atoms with Gasteiger partial charge in [0, 0.05) is 36.5 Å². The highest BCUT2D eigenvalue weighted by atomic mass is 35.5. The summed E-state index contributed by atoms with van der Waals surface area (Å²) in [5.41, 5.74) is 1.07. The number of aliphatic carboxylic acids is 1. The van der Waals surface area contributed by atoms with Gasteiger partial charge >= 0.3 is 5.97 Å². The second kappa shape index (κ2) is 9.22. The molecule has 3 heterocycles. The van der Waals surface area contributed by atoms with E-state index in [9.17, 15) is 14.3 Å². The number of nitrogens with zero attached hydrogens (tertiary/aromatic N) is 4. The lowest BCUT2D eigenvalue weighted by Crippen LogP contribution is -2.45. The Kier molecular flexibility index (Phi) is 6.38. The van der Waals surface area contributed by atoms with Gasteiger partial charge in [-0.2, -0.15) is 5.10 Å². The summed E-state index contributed by atoms with van der Waals surface area (Å²) in [4.78, 5) is 23.1. The standard InChI is InChI=1S/C22H24ClFN6O2/c1-14-9-18(29-28-14)27-19-12-25-11-16(26-19)10-22(21(31)32)5-7-30(8-6-22)13-15-3-2-4-17(23)20(15)24/h2-4,9,11-12H,5-8,10,13H2,1H3,(H,31,32)(H2,26,27,28,29). The van der Waals surface area contributed by atoms with Gasteiger partial charge in [0.2, 0.25) is 0 Å². The molecule has 1 saturated heterocycles. The Balaban J connectivity index is 1.43. The van der Waals surface area contributed by atoms with Crippen LogP contribution in [0.3, 0.4) is 0 Å². The number of hydrogen-bond donors (Lipinski definition) is 3. The third-order valence-electron chi connectivity index (χ3n) is 5.86. The zero-order valence-electron chi connectivity index (χ0n) is 17.6. The maximum absolute atomic E-state index is 14.2. The minimum absolute atomic E-state index is 0.0939. The summed E-state index contributed by atoms with van der Waals surface area (Å²) >= 11 is 5.88. The third kappa shape index (κ3) is 4.89. The van der Waals surface area contributed by atoms with Crippen LogP contribution >= 0.6 is 11.6 Å². The van der Waals surface area contributed by atoms with Crippen LogP contribution in [0.25, 0.3) is 0 Å². The SMILES string of the molecule is Cc1cc(Nc2cncc(CC3(C(=O)O)CCN(Cc4cccc(Cl)c4F)CC3)n2)n[nH]1. The summed E-state index contributed by atoms with van der Waals surface area (Å²) in [6, 6.07) is 6.78. The minimum atomic E-state index is -0.945. The van der Waals surface area contributed by atoms with Crippen molar-refractivity contribution in [2.75, 3.05) is 18.4 Å². The van der Waals surface area contributed by atoms with Crippen molar-refractivity contribution >= 4 is 29.2 Å². The van der Waals surface area contributed by atoms with E-state index in [0.717, 1.165) is 5.69 Å². The molecule has 3 N–H and O–H groups in total. The third-order valence-corrected chi connectivity index (χ3v) is 6.15. The number of piperidine rings is 1. The average Bonchev–Trinajstić information content (AvgIpc) is 3.17. The number of carbonyl (C=O) groups is 1. The molecule has 2 aromatic heterocycles. The van der Waals surface area contributed by atoms with Gasteiger partial charge in [-0.15, -0.1) is 0 Å². The van der Waals surface area contributed by atoms with Crippen LogP contribution in [0.15, 0.2) is 36.7 Å². The Morgan fingerprint density at radius 2 is 2.09 bits per heavy atom. The Hall–Kier alpha value is -3.04. The topological polar surface area (TPSA) is 107 Å². The van der Waals surface area contributed by atoms with Crippen LogP contribution in [0, 0.1) is 18.2 Å². The van der Waals surface area contributed by atoms with Crippen LogP contribution in [0.4, 0.5) is 16.0 Å². The second-order valence-corrected chi connectivity index (χ2v) is 8.62. The van der Waals surface area contributed by atoms with Gasteiger partial charge in [0.15, 0.2) is 5.82 Å². The summed E-state index contributed by atoms with van der Waals surface area (Å²) in [6.45, 7) is 3.36. The van der Waals surface area contributed by atoms with E-state index in [4.69, 9.17) is 11.6 Å². The van der Waals surface area contributed by atoms with E-state index >= 15 is 0 Å². The lowest BCUT2D eigenvalue weighted by molar-refractivity contribution is -0.152. The molecule has 1 aromatic carbocycles. The van der Waals surface area contributed by atoms with Crippen molar-refractivity contribution in [1.29, 1.82) is 0 Å². The monoisotopic (exact) mass is 458 g/mol. The lowest BCUT2D eigenvalue weighted by atomic mass is 9.75. The van der Waals surface area contributed by atoms with Gasteiger partial charge in [-0.25, -0.2) is 9.37 Å². The number of likely N-dealkylation sites (tertiary alicyclic amines) is 1. The first-order chi connectivity index (χ1) is 15.3. The molecule has 0 saturated carbocycles.